The molecule has 0 aliphatic rings. The second kappa shape index (κ2) is 9.68. The van der Waals surface area contributed by atoms with Crippen LogP contribution in [0.1, 0.15) is 19.4 Å². The summed E-state index contributed by atoms with van der Waals surface area (Å²) in [6.45, 7) is 3.64. The van der Waals surface area contributed by atoms with E-state index in [1.165, 1.54) is 12.1 Å². The lowest BCUT2D eigenvalue weighted by molar-refractivity contribution is 0.0939. The number of carbonyl (C=O) groups excluding carboxylic acids is 2. The molecule has 0 aliphatic heterocycles. The first kappa shape index (κ1) is 17.8. The number of carbonyl (C=O) groups is 2. The predicted molar refractivity (Wildman–Crippen MR) is 81.5 cm³/mol. The Morgan fingerprint density at radius 2 is 1.64 bits per heavy atom. The number of benzene rings is 1. The first-order valence-corrected chi connectivity index (χ1v) is 7.19. The fourth-order valence-corrected chi connectivity index (χ4v) is 1.54. The minimum Gasteiger partial charge on any atom is -0.434 e. The van der Waals surface area contributed by atoms with Crippen LogP contribution in [0.2, 0.25) is 0 Å². The summed E-state index contributed by atoms with van der Waals surface area (Å²) >= 11 is 5.57. The molecular weight excluding hydrogens is 312 g/mol. The van der Waals surface area contributed by atoms with Crippen molar-refractivity contribution in [3.63, 3.8) is 0 Å². The molecule has 7 heteroatoms. The fraction of sp³-hybridized carbons (Fsp3) is 0.333. The van der Waals surface area contributed by atoms with Gasteiger partial charge in [-0.15, -0.1) is 11.6 Å². The van der Waals surface area contributed by atoms with Crippen LogP contribution in [0.25, 0.3) is 6.08 Å². The highest BCUT2D eigenvalue weighted by Gasteiger charge is 2.15. The molecule has 0 saturated heterocycles. The minimum absolute atomic E-state index is 0.0447. The third-order valence-electron chi connectivity index (χ3n) is 2.28. The van der Waals surface area contributed by atoms with Gasteiger partial charge in [0.15, 0.2) is 11.5 Å². The van der Waals surface area contributed by atoms with E-state index in [9.17, 15) is 9.59 Å². The molecule has 1 aromatic carbocycles. The maximum atomic E-state index is 11.4. The summed E-state index contributed by atoms with van der Waals surface area (Å²) in [5.74, 6) is 0.438. The zero-order valence-corrected chi connectivity index (χ0v) is 13.1. The van der Waals surface area contributed by atoms with Gasteiger partial charge in [0.1, 0.15) is 0 Å². The largest absolute Gasteiger partial charge is 0.513 e. The molecule has 0 fully saturated rings. The van der Waals surface area contributed by atoms with Gasteiger partial charge in [-0.05, 0) is 31.5 Å². The van der Waals surface area contributed by atoms with Gasteiger partial charge in [0.05, 0.1) is 13.2 Å². The van der Waals surface area contributed by atoms with Crippen molar-refractivity contribution < 1.29 is 28.5 Å². The van der Waals surface area contributed by atoms with E-state index in [1.807, 2.05) is 0 Å². The number of hydrogen-bond donors (Lipinski definition) is 0. The van der Waals surface area contributed by atoms with Crippen LogP contribution in [0.5, 0.6) is 11.5 Å². The zero-order chi connectivity index (χ0) is 16.4. The molecule has 6 nitrogen and oxygen atoms in total. The second-order valence-electron chi connectivity index (χ2n) is 3.83. The monoisotopic (exact) mass is 328 g/mol. The molecule has 1 aromatic rings. The summed E-state index contributed by atoms with van der Waals surface area (Å²) in [6, 6.07) is 4.68. The third kappa shape index (κ3) is 6.05. The Morgan fingerprint density at radius 1 is 1.05 bits per heavy atom. The first-order chi connectivity index (χ1) is 10.6. The normalized spacial score (nSPS) is 10.3. The molecule has 0 N–H and O–H groups in total. The second-order valence-corrected chi connectivity index (χ2v) is 4.14. The number of alkyl halides is 1. The maximum Gasteiger partial charge on any atom is 0.513 e. The van der Waals surface area contributed by atoms with E-state index in [4.69, 9.17) is 25.8 Å². The van der Waals surface area contributed by atoms with Crippen LogP contribution in [0.4, 0.5) is 9.59 Å². The molecule has 22 heavy (non-hydrogen) atoms. The fourth-order valence-electron chi connectivity index (χ4n) is 1.45. The van der Waals surface area contributed by atoms with E-state index in [0.717, 1.165) is 5.56 Å². The summed E-state index contributed by atoms with van der Waals surface area (Å²) in [6.07, 6.45) is 1.67. The van der Waals surface area contributed by atoms with E-state index in [2.05, 4.69) is 4.74 Å². The molecule has 0 heterocycles. The van der Waals surface area contributed by atoms with Gasteiger partial charge in [-0.2, -0.15) is 0 Å². The van der Waals surface area contributed by atoms with Crippen LogP contribution in [0, 0.1) is 0 Å². The standard InChI is InChI=1S/C15H17ClO6/c1-3-19-14(17)21-12-8-7-11(6-5-9-16)10-13(12)22-15(18)20-4-2/h5-8,10H,3-4,9H2,1-2H3. The van der Waals surface area contributed by atoms with Crippen molar-refractivity contribution in [1.29, 1.82) is 0 Å². The Hall–Kier alpha value is -2.21. The molecular formula is C15H17ClO6. The Morgan fingerprint density at radius 3 is 2.18 bits per heavy atom. The minimum atomic E-state index is -0.894. The Labute approximate surface area is 133 Å². The molecule has 0 amide bonds. The van der Waals surface area contributed by atoms with E-state index in [0.29, 0.717) is 5.88 Å². The molecule has 0 atom stereocenters. The lowest BCUT2D eigenvalue weighted by atomic mass is 10.2. The molecule has 0 aliphatic carbocycles. The lowest BCUT2D eigenvalue weighted by Crippen LogP contribution is -2.14. The molecule has 0 unspecified atom stereocenters. The Kier molecular flexibility index (Phi) is 7.85. The van der Waals surface area contributed by atoms with Gasteiger partial charge in [-0.1, -0.05) is 18.2 Å². The molecule has 0 saturated carbocycles. The third-order valence-corrected chi connectivity index (χ3v) is 2.46. The molecule has 0 aromatic heterocycles. The highest BCUT2D eigenvalue weighted by molar-refractivity contribution is 6.19. The van der Waals surface area contributed by atoms with Crippen LogP contribution >= 0.6 is 11.6 Å². The van der Waals surface area contributed by atoms with Crippen molar-refractivity contribution in [1.82, 2.24) is 0 Å². The molecule has 0 bridgehead atoms. The lowest BCUT2D eigenvalue weighted by Gasteiger charge is -2.10. The smallest absolute Gasteiger partial charge is 0.434 e. The van der Waals surface area contributed by atoms with Gasteiger partial charge in [0.2, 0.25) is 0 Å². The van der Waals surface area contributed by atoms with Crippen molar-refractivity contribution >= 4 is 30.0 Å². The molecule has 0 spiro atoms. The van der Waals surface area contributed by atoms with Gasteiger partial charge < -0.3 is 18.9 Å². The average Bonchev–Trinajstić information content (AvgIpc) is 2.48. The number of hydrogen-bond acceptors (Lipinski definition) is 6. The maximum absolute atomic E-state index is 11.4. The zero-order valence-electron chi connectivity index (χ0n) is 12.3. The number of halogens is 1. The summed E-state index contributed by atoms with van der Waals surface area (Å²) in [4.78, 5) is 22.8. The molecule has 1 rings (SSSR count). The van der Waals surface area contributed by atoms with E-state index >= 15 is 0 Å². The summed E-state index contributed by atoms with van der Waals surface area (Å²) in [5.41, 5.74) is 0.719. The van der Waals surface area contributed by atoms with Crippen molar-refractivity contribution in [3.8, 4) is 11.5 Å². The average molecular weight is 329 g/mol. The van der Waals surface area contributed by atoms with Gasteiger partial charge in [0.25, 0.3) is 0 Å². The predicted octanol–water partition coefficient (Wildman–Crippen LogP) is 4.01. The number of rotatable bonds is 6. The van der Waals surface area contributed by atoms with E-state index < -0.39 is 12.3 Å². The van der Waals surface area contributed by atoms with Crippen LogP contribution in [0.3, 0.4) is 0 Å². The van der Waals surface area contributed by atoms with Gasteiger partial charge in [-0.3, -0.25) is 0 Å². The van der Waals surface area contributed by atoms with Gasteiger partial charge >= 0.3 is 12.3 Å². The van der Waals surface area contributed by atoms with Crippen molar-refractivity contribution in [2.45, 2.75) is 13.8 Å². The van der Waals surface area contributed by atoms with E-state index in [1.54, 1.807) is 32.1 Å². The van der Waals surface area contributed by atoms with Crippen LogP contribution in [-0.4, -0.2) is 31.4 Å². The van der Waals surface area contributed by atoms with Crippen LogP contribution < -0.4 is 9.47 Å². The number of ether oxygens (including phenoxy) is 4. The highest BCUT2D eigenvalue weighted by Crippen LogP contribution is 2.29. The topological polar surface area (TPSA) is 71.1 Å². The summed E-state index contributed by atoms with van der Waals surface area (Å²) < 4.78 is 19.4. The van der Waals surface area contributed by atoms with Crippen LogP contribution in [0.15, 0.2) is 24.3 Å². The van der Waals surface area contributed by atoms with Gasteiger partial charge in [-0.25, -0.2) is 9.59 Å². The number of allylic oxidation sites excluding steroid dienone is 1. The van der Waals surface area contributed by atoms with Crippen molar-refractivity contribution in [2.75, 3.05) is 19.1 Å². The Bertz CT molecular complexity index is 541. The quantitative estimate of drug-likeness (QED) is 0.446. The van der Waals surface area contributed by atoms with Crippen LogP contribution in [-0.2, 0) is 9.47 Å². The van der Waals surface area contributed by atoms with Crippen molar-refractivity contribution in [2.24, 2.45) is 0 Å². The van der Waals surface area contributed by atoms with Crippen molar-refractivity contribution in [3.05, 3.63) is 29.8 Å². The molecule has 120 valence electrons. The molecule has 0 radical (unpaired) electrons. The van der Waals surface area contributed by atoms with E-state index in [-0.39, 0.29) is 24.7 Å². The summed E-state index contributed by atoms with van der Waals surface area (Å²) in [5, 5.41) is 0. The summed E-state index contributed by atoms with van der Waals surface area (Å²) in [7, 11) is 0. The highest BCUT2D eigenvalue weighted by atomic mass is 35.5. The Balaban J connectivity index is 2.99. The SMILES string of the molecule is CCOC(=O)Oc1ccc(C=CCCl)cc1OC(=O)OCC. The first-order valence-electron chi connectivity index (χ1n) is 6.66. The van der Waals surface area contributed by atoms with Gasteiger partial charge in [0, 0.05) is 5.88 Å².